The molecule has 1 aromatic carbocycles. The molecule has 1 amide bonds. The summed E-state index contributed by atoms with van der Waals surface area (Å²) >= 11 is 1.67. The standard InChI is InChI=1S/C22H29N3OS/c1-17-23-22(18-9-3-2-4-10-18)20(27-17)15-21(26)25-14-6-5-11-19(25)16-24-12-7-8-13-24/h2-4,9-10,19H,5-8,11-16H2,1H3/t19-/m1/s1. The third-order valence-corrected chi connectivity index (χ3v) is 6.75. The summed E-state index contributed by atoms with van der Waals surface area (Å²) in [6, 6.07) is 10.6. The van der Waals surface area contributed by atoms with Crippen molar-refractivity contribution in [2.45, 2.75) is 51.5 Å². The first-order chi connectivity index (χ1) is 13.2. The summed E-state index contributed by atoms with van der Waals surface area (Å²) in [5.41, 5.74) is 2.09. The second-order valence-corrected chi connectivity index (χ2v) is 9.08. The number of carbonyl (C=O) groups is 1. The number of carbonyl (C=O) groups excluding carboxylic acids is 1. The summed E-state index contributed by atoms with van der Waals surface area (Å²) in [5.74, 6) is 0.278. The van der Waals surface area contributed by atoms with Gasteiger partial charge in [0.1, 0.15) is 0 Å². The molecule has 0 aliphatic carbocycles. The van der Waals surface area contributed by atoms with Gasteiger partial charge in [-0.3, -0.25) is 4.79 Å². The van der Waals surface area contributed by atoms with Crippen molar-refractivity contribution < 1.29 is 4.79 Å². The largest absolute Gasteiger partial charge is 0.338 e. The molecule has 2 fully saturated rings. The van der Waals surface area contributed by atoms with Crippen LogP contribution in [0, 0.1) is 6.92 Å². The van der Waals surface area contributed by atoms with Gasteiger partial charge in [-0.25, -0.2) is 4.98 Å². The van der Waals surface area contributed by atoms with Crippen molar-refractivity contribution in [2.24, 2.45) is 0 Å². The zero-order valence-electron chi connectivity index (χ0n) is 16.2. The highest BCUT2D eigenvalue weighted by Crippen LogP contribution is 2.30. The lowest BCUT2D eigenvalue weighted by Crippen LogP contribution is -2.49. The number of hydrogen-bond donors (Lipinski definition) is 0. The molecule has 1 atom stereocenters. The van der Waals surface area contributed by atoms with Gasteiger partial charge in [0.15, 0.2) is 0 Å². The van der Waals surface area contributed by atoms with Crippen molar-refractivity contribution in [2.75, 3.05) is 26.2 Å². The van der Waals surface area contributed by atoms with Crippen LogP contribution in [0.15, 0.2) is 30.3 Å². The fourth-order valence-electron chi connectivity index (χ4n) is 4.43. The SMILES string of the molecule is Cc1nc(-c2ccccc2)c(CC(=O)N2CCCC[C@@H]2CN2CCCC2)s1. The molecule has 2 saturated heterocycles. The van der Waals surface area contributed by atoms with Crippen LogP contribution in [0.5, 0.6) is 0 Å². The maximum atomic E-state index is 13.2. The lowest BCUT2D eigenvalue weighted by molar-refractivity contribution is -0.134. The van der Waals surface area contributed by atoms with Crippen LogP contribution in [0.1, 0.15) is 42.0 Å². The Morgan fingerprint density at radius 1 is 1.11 bits per heavy atom. The van der Waals surface area contributed by atoms with Crippen molar-refractivity contribution in [1.82, 2.24) is 14.8 Å². The predicted molar refractivity (Wildman–Crippen MR) is 111 cm³/mol. The topological polar surface area (TPSA) is 36.4 Å². The number of nitrogens with zero attached hydrogens (tertiary/aromatic N) is 3. The second kappa shape index (κ2) is 8.53. The smallest absolute Gasteiger partial charge is 0.228 e. The molecule has 3 heterocycles. The van der Waals surface area contributed by atoms with E-state index in [1.165, 1.54) is 32.4 Å². The normalized spacial score (nSPS) is 20.9. The Hall–Kier alpha value is -1.72. The zero-order chi connectivity index (χ0) is 18.6. The van der Waals surface area contributed by atoms with Crippen LogP contribution < -0.4 is 0 Å². The van der Waals surface area contributed by atoms with E-state index in [2.05, 4.69) is 21.9 Å². The van der Waals surface area contributed by atoms with E-state index >= 15 is 0 Å². The van der Waals surface area contributed by atoms with E-state index in [9.17, 15) is 4.79 Å². The van der Waals surface area contributed by atoms with Gasteiger partial charge >= 0.3 is 0 Å². The molecule has 0 radical (unpaired) electrons. The zero-order valence-corrected chi connectivity index (χ0v) is 17.0. The van der Waals surface area contributed by atoms with Gasteiger partial charge in [0.05, 0.1) is 17.1 Å². The Labute approximate surface area is 166 Å². The monoisotopic (exact) mass is 383 g/mol. The number of thiazole rings is 1. The molecule has 2 aliphatic rings. The molecular weight excluding hydrogens is 354 g/mol. The van der Waals surface area contributed by atoms with Crippen LogP contribution in [0.2, 0.25) is 0 Å². The van der Waals surface area contributed by atoms with Crippen molar-refractivity contribution in [1.29, 1.82) is 0 Å². The van der Waals surface area contributed by atoms with E-state index in [-0.39, 0.29) is 5.91 Å². The quantitative estimate of drug-likeness (QED) is 0.779. The Kier molecular flexibility index (Phi) is 5.89. The summed E-state index contributed by atoms with van der Waals surface area (Å²) in [5, 5.41) is 1.03. The summed E-state index contributed by atoms with van der Waals surface area (Å²) in [6.07, 6.45) is 6.62. The summed E-state index contributed by atoms with van der Waals surface area (Å²) in [7, 11) is 0. The van der Waals surface area contributed by atoms with E-state index in [0.717, 1.165) is 47.1 Å². The minimum atomic E-state index is 0.278. The second-order valence-electron chi connectivity index (χ2n) is 7.79. The molecule has 144 valence electrons. The number of amides is 1. The highest BCUT2D eigenvalue weighted by Gasteiger charge is 2.30. The maximum Gasteiger partial charge on any atom is 0.228 e. The number of benzene rings is 1. The summed E-state index contributed by atoms with van der Waals surface area (Å²) in [4.78, 5) is 23.8. The Morgan fingerprint density at radius 2 is 1.85 bits per heavy atom. The molecule has 4 rings (SSSR count). The molecule has 0 spiro atoms. The average molecular weight is 384 g/mol. The first-order valence-electron chi connectivity index (χ1n) is 10.2. The predicted octanol–water partition coefficient (Wildman–Crippen LogP) is 4.14. The molecular formula is C22H29N3OS. The Balaban J connectivity index is 1.49. The van der Waals surface area contributed by atoms with Crippen molar-refractivity contribution in [3.8, 4) is 11.3 Å². The van der Waals surface area contributed by atoms with E-state index in [1.54, 1.807) is 11.3 Å². The van der Waals surface area contributed by atoms with Gasteiger partial charge in [0.2, 0.25) is 5.91 Å². The Morgan fingerprint density at radius 3 is 2.63 bits per heavy atom. The highest BCUT2D eigenvalue weighted by molar-refractivity contribution is 7.12. The molecule has 2 aromatic rings. The number of likely N-dealkylation sites (tertiary alicyclic amines) is 2. The maximum absolute atomic E-state index is 13.2. The van der Waals surface area contributed by atoms with Gasteiger partial charge in [-0.1, -0.05) is 30.3 Å². The van der Waals surface area contributed by atoms with Crippen LogP contribution >= 0.6 is 11.3 Å². The minimum absolute atomic E-state index is 0.278. The van der Waals surface area contributed by atoms with Gasteiger partial charge in [-0.05, 0) is 52.1 Å². The number of aryl methyl sites for hydroxylation is 1. The molecule has 0 bridgehead atoms. The number of piperidine rings is 1. The first kappa shape index (κ1) is 18.6. The van der Waals surface area contributed by atoms with E-state index in [4.69, 9.17) is 4.98 Å². The number of hydrogen-bond acceptors (Lipinski definition) is 4. The number of aromatic nitrogens is 1. The molecule has 4 nitrogen and oxygen atoms in total. The summed E-state index contributed by atoms with van der Waals surface area (Å²) < 4.78 is 0. The average Bonchev–Trinajstić information content (AvgIpc) is 3.32. The van der Waals surface area contributed by atoms with Gasteiger partial charge in [-0.2, -0.15) is 0 Å². The van der Waals surface area contributed by atoms with E-state index in [0.29, 0.717) is 12.5 Å². The fraction of sp³-hybridized carbons (Fsp3) is 0.545. The Bertz CT molecular complexity index is 767. The van der Waals surface area contributed by atoms with Crippen molar-refractivity contribution in [3.63, 3.8) is 0 Å². The molecule has 0 unspecified atom stereocenters. The summed E-state index contributed by atoms with van der Waals surface area (Å²) in [6.45, 7) is 6.40. The van der Waals surface area contributed by atoms with Gasteiger partial charge < -0.3 is 9.80 Å². The lowest BCUT2D eigenvalue weighted by Gasteiger charge is -2.38. The van der Waals surface area contributed by atoms with Gasteiger partial charge in [-0.15, -0.1) is 11.3 Å². The van der Waals surface area contributed by atoms with Crippen LogP contribution in [0.3, 0.4) is 0 Å². The van der Waals surface area contributed by atoms with Gasteiger partial charge in [0, 0.05) is 29.6 Å². The van der Waals surface area contributed by atoms with Crippen LogP contribution in [0.4, 0.5) is 0 Å². The third-order valence-electron chi connectivity index (χ3n) is 5.78. The molecule has 0 N–H and O–H groups in total. The van der Waals surface area contributed by atoms with Crippen LogP contribution in [0.25, 0.3) is 11.3 Å². The number of rotatable bonds is 5. The first-order valence-corrected chi connectivity index (χ1v) is 11.1. The van der Waals surface area contributed by atoms with Gasteiger partial charge in [0.25, 0.3) is 0 Å². The van der Waals surface area contributed by atoms with Crippen LogP contribution in [-0.4, -0.2) is 52.9 Å². The minimum Gasteiger partial charge on any atom is -0.338 e. The third kappa shape index (κ3) is 4.41. The van der Waals surface area contributed by atoms with Crippen molar-refractivity contribution >= 4 is 17.2 Å². The molecule has 27 heavy (non-hydrogen) atoms. The molecule has 5 heteroatoms. The van der Waals surface area contributed by atoms with E-state index < -0.39 is 0 Å². The lowest BCUT2D eigenvalue weighted by atomic mass is 10.0. The highest BCUT2D eigenvalue weighted by atomic mass is 32.1. The molecule has 0 saturated carbocycles. The van der Waals surface area contributed by atoms with E-state index in [1.807, 2.05) is 25.1 Å². The van der Waals surface area contributed by atoms with Crippen LogP contribution in [-0.2, 0) is 11.2 Å². The fourth-order valence-corrected chi connectivity index (χ4v) is 5.38. The molecule has 2 aliphatic heterocycles. The molecule has 1 aromatic heterocycles. The van der Waals surface area contributed by atoms with Crippen molar-refractivity contribution in [3.05, 3.63) is 40.2 Å².